The number of phenolic OH excluding ortho intramolecular Hbond substituents is 3. The summed E-state index contributed by atoms with van der Waals surface area (Å²) in [5.41, 5.74) is 4.03. The molecule has 3 nitrogen and oxygen atoms in total. The first kappa shape index (κ1) is 12.3. The van der Waals surface area contributed by atoms with Gasteiger partial charge in [-0.05, 0) is 31.9 Å². The smallest absolute Gasteiger partial charge is 0.161 e. The first-order valence-electron chi connectivity index (χ1n) is 5.74. The highest BCUT2D eigenvalue weighted by Gasteiger charge is 2.16. The summed E-state index contributed by atoms with van der Waals surface area (Å²) >= 11 is 0. The van der Waals surface area contributed by atoms with Gasteiger partial charge < -0.3 is 15.3 Å². The highest BCUT2D eigenvalue weighted by atomic mass is 16.3. The first-order chi connectivity index (χ1) is 8.41. The van der Waals surface area contributed by atoms with Gasteiger partial charge in [0.15, 0.2) is 11.5 Å². The molecule has 0 aromatic heterocycles. The molecular weight excluding hydrogens is 228 g/mol. The van der Waals surface area contributed by atoms with Crippen LogP contribution in [0.3, 0.4) is 0 Å². The van der Waals surface area contributed by atoms with Gasteiger partial charge in [-0.25, -0.2) is 0 Å². The van der Waals surface area contributed by atoms with Gasteiger partial charge in [0.2, 0.25) is 0 Å². The molecule has 0 atom stereocenters. The molecule has 0 amide bonds. The van der Waals surface area contributed by atoms with Gasteiger partial charge in [0.1, 0.15) is 5.75 Å². The normalized spacial score (nSPS) is 10.6. The summed E-state index contributed by atoms with van der Waals surface area (Å²) in [7, 11) is 0. The molecule has 0 aliphatic carbocycles. The predicted octanol–water partition coefficient (Wildman–Crippen LogP) is 3.40. The van der Waals surface area contributed by atoms with E-state index in [1.54, 1.807) is 6.92 Å². The van der Waals surface area contributed by atoms with Crippen molar-refractivity contribution in [1.82, 2.24) is 0 Å². The van der Waals surface area contributed by atoms with Crippen LogP contribution in [0.25, 0.3) is 11.1 Å². The lowest BCUT2D eigenvalue weighted by Crippen LogP contribution is -1.90. The molecule has 2 aromatic rings. The van der Waals surface area contributed by atoms with Crippen LogP contribution in [-0.2, 0) is 0 Å². The third-order valence-electron chi connectivity index (χ3n) is 3.15. The van der Waals surface area contributed by atoms with E-state index >= 15 is 0 Å². The molecule has 94 valence electrons. The Kier molecular flexibility index (Phi) is 2.91. The van der Waals surface area contributed by atoms with Crippen molar-refractivity contribution >= 4 is 0 Å². The zero-order chi connectivity index (χ0) is 13.4. The quantitative estimate of drug-likeness (QED) is 0.532. The number of phenols is 3. The van der Waals surface area contributed by atoms with Gasteiger partial charge >= 0.3 is 0 Å². The Morgan fingerprint density at radius 1 is 0.833 bits per heavy atom. The van der Waals surface area contributed by atoms with Crippen LogP contribution in [-0.4, -0.2) is 15.3 Å². The van der Waals surface area contributed by atoms with Crippen molar-refractivity contribution in [2.24, 2.45) is 0 Å². The van der Waals surface area contributed by atoms with Crippen molar-refractivity contribution in [2.75, 3.05) is 0 Å². The molecule has 0 fully saturated rings. The summed E-state index contributed by atoms with van der Waals surface area (Å²) in [6, 6.07) is 7.03. The van der Waals surface area contributed by atoms with E-state index < -0.39 is 0 Å². The zero-order valence-electron chi connectivity index (χ0n) is 10.7. The van der Waals surface area contributed by atoms with Gasteiger partial charge in [0, 0.05) is 17.2 Å². The monoisotopic (exact) mass is 244 g/mol. The first-order valence-corrected chi connectivity index (χ1v) is 5.74. The van der Waals surface area contributed by atoms with Gasteiger partial charge in [-0.2, -0.15) is 0 Å². The van der Waals surface area contributed by atoms with Gasteiger partial charge in [-0.15, -0.1) is 0 Å². The molecule has 2 rings (SSSR count). The fraction of sp³-hybridized carbons (Fsp3) is 0.200. The van der Waals surface area contributed by atoms with Gasteiger partial charge in [-0.3, -0.25) is 0 Å². The molecule has 0 saturated carbocycles. The SMILES string of the molecule is Cc1ccc(-c2c(O)cc(O)c(O)c2C)c(C)c1. The molecule has 0 aliphatic rings. The number of aromatic hydroxyl groups is 3. The van der Waals surface area contributed by atoms with Crippen LogP contribution in [0.5, 0.6) is 17.2 Å². The lowest BCUT2D eigenvalue weighted by molar-refractivity contribution is 0.394. The van der Waals surface area contributed by atoms with Crippen molar-refractivity contribution < 1.29 is 15.3 Å². The van der Waals surface area contributed by atoms with Crippen LogP contribution < -0.4 is 0 Å². The fourth-order valence-electron chi connectivity index (χ4n) is 2.21. The number of hydrogen-bond acceptors (Lipinski definition) is 3. The Hall–Kier alpha value is -2.16. The molecule has 3 heteroatoms. The summed E-state index contributed by atoms with van der Waals surface area (Å²) in [6.07, 6.45) is 0. The molecule has 0 unspecified atom stereocenters. The predicted molar refractivity (Wildman–Crippen MR) is 71.1 cm³/mol. The maximum Gasteiger partial charge on any atom is 0.161 e. The van der Waals surface area contributed by atoms with E-state index in [1.807, 2.05) is 32.0 Å². The minimum Gasteiger partial charge on any atom is -0.507 e. The molecule has 0 spiro atoms. The van der Waals surface area contributed by atoms with Crippen molar-refractivity contribution in [3.8, 4) is 28.4 Å². The molecule has 18 heavy (non-hydrogen) atoms. The van der Waals surface area contributed by atoms with Crippen molar-refractivity contribution in [1.29, 1.82) is 0 Å². The molecule has 0 aliphatic heterocycles. The van der Waals surface area contributed by atoms with E-state index in [4.69, 9.17) is 0 Å². The van der Waals surface area contributed by atoms with E-state index in [-0.39, 0.29) is 17.2 Å². The average Bonchev–Trinajstić information content (AvgIpc) is 2.29. The van der Waals surface area contributed by atoms with E-state index in [9.17, 15) is 15.3 Å². The van der Waals surface area contributed by atoms with Crippen LogP contribution in [0.4, 0.5) is 0 Å². The second-order valence-electron chi connectivity index (χ2n) is 4.58. The summed E-state index contributed by atoms with van der Waals surface area (Å²) in [4.78, 5) is 0. The Morgan fingerprint density at radius 2 is 1.50 bits per heavy atom. The number of benzene rings is 2. The summed E-state index contributed by atoms with van der Waals surface area (Å²) in [6.45, 7) is 5.62. The van der Waals surface area contributed by atoms with Crippen LogP contribution in [0, 0.1) is 20.8 Å². The summed E-state index contributed by atoms with van der Waals surface area (Å²) in [5, 5.41) is 29.2. The molecular formula is C15H16O3. The highest BCUT2D eigenvalue weighted by molar-refractivity contribution is 5.79. The van der Waals surface area contributed by atoms with Crippen LogP contribution in [0.2, 0.25) is 0 Å². The van der Waals surface area contributed by atoms with Crippen LogP contribution >= 0.6 is 0 Å². The lowest BCUT2D eigenvalue weighted by Gasteiger charge is -2.14. The Labute approximate surface area is 106 Å². The minimum absolute atomic E-state index is 0.0326. The average molecular weight is 244 g/mol. The third-order valence-corrected chi connectivity index (χ3v) is 3.15. The van der Waals surface area contributed by atoms with Crippen LogP contribution in [0.15, 0.2) is 24.3 Å². The number of hydrogen-bond donors (Lipinski definition) is 3. The Morgan fingerprint density at radius 3 is 2.11 bits per heavy atom. The second kappa shape index (κ2) is 4.26. The van der Waals surface area contributed by atoms with Gasteiger partial charge in [-0.1, -0.05) is 23.8 Å². The van der Waals surface area contributed by atoms with E-state index in [1.165, 1.54) is 0 Å². The fourth-order valence-corrected chi connectivity index (χ4v) is 2.21. The summed E-state index contributed by atoms with van der Waals surface area (Å²) in [5.74, 6) is -0.531. The molecule has 0 bridgehead atoms. The zero-order valence-corrected chi connectivity index (χ0v) is 10.7. The van der Waals surface area contributed by atoms with Gasteiger partial charge in [0.25, 0.3) is 0 Å². The second-order valence-corrected chi connectivity index (χ2v) is 4.58. The summed E-state index contributed by atoms with van der Waals surface area (Å²) < 4.78 is 0. The Bertz CT molecular complexity index is 616. The molecule has 2 aromatic carbocycles. The number of rotatable bonds is 1. The molecule has 0 radical (unpaired) electrons. The minimum atomic E-state index is -0.307. The maximum absolute atomic E-state index is 9.97. The molecule has 0 heterocycles. The maximum atomic E-state index is 9.97. The van der Waals surface area contributed by atoms with E-state index in [2.05, 4.69) is 0 Å². The standard InChI is InChI=1S/C15H16O3/c1-8-4-5-11(9(2)6-8)14-10(3)15(18)13(17)7-12(14)16/h4-7,16-18H,1-3H3. The molecule has 0 saturated heterocycles. The van der Waals surface area contributed by atoms with Crippen molar-refractivity contribution in [2.45, 2.75) is 20.8 Å². The Balaban J connectivity index is 2.75. The van der Waals surface area contributed by atoms with Crippen molar-refractivity contribution in [3.05, 3.63) is 41.0 Å². The lowest BCUT2D eigenvalue weighted by atomic mass is 9.94. The van der Waals surface area contributed by atoms with E-state index in [0.717, 1.165) is 22.8 Å². The topological polar surface area (TPSA) is 60.7 Å². The largest absolute Gasteiger partial charge is 0.507 e. The highest BCUT2D eigenvalue weighted by Crippen LogP contribution is 2.43. The van der Waals surface area contributed by atoms with E-state index in [0.29, 0.717) is 11.1 Å². The van der Waals surface area contributed by atoms with Gasteiger partial charge in [0.05, 0.1) is 0 Å². The molecule has 3 N–H and O–H groups in total. The third kappa shape index (κ3) is 1.88. The van der Waals surface area contributed by atoms with Crippen LogP contribution in [0.1, 0.15) is 16.7 Å². The van der Waals surface area contributed by atoms with Crippen molar-refractivity contribution in [3.63, 3.8) is 0 Å². The number of aryl methyl sites for hydroxylation is 2.